The molecule has 0 radical (unpaired) electrons. The Morgan fingerprint density at radius 3 is 2.70 bits per heavy atom. The number of anilines is 2. The number of aromatic nitrogens is 4. The van der Waals surface area contributed by atoms with E-state index in [4.69, 9.17) is 0 Å². The second-order valence-electron chi connectivity index (χ2n) is 7.33. The molecule has 1 aliphatic heterocycles. The molecule has 134 valence electrons. The molecule has 0 fully saturated rings. The molecule has 5 rings (SSSR count). The maximum absolute atomic E-state index is 4.67. The summed E-state index contributed by atoms with van der Waals surface area (Å²) in [6, 6.07) is 14.9. The normalized spacial score (nSPS) is 16.1. The third kappa shape index (κ3) is 2.42. The summed E-state index contributed by atoms with van der Waals surface area (Å²) < 4.78 is 2.09. The molecule has 0 saturated heterocycles. The van der Waals surface area contributed by atoms with Gasteiger partial charge in [0.05, 0.1) is 11.0 Å². The number of para-hydroxylation sites is 1. The fourth-order valence-corrected chi connectivity index (χ4v) is 4.10. The lowest BCUT2D eigenvalue weighted by molar-refractivity contribution is 0.756. The molecule has 0 saturated carbocycles. The van der Waals surface area contributed by atoms with E-state index < -0.39 is 0 Å². The monoisotopic (exact) mass is 355 g/mol. The SMILES string of the molecule is Cc1ccc2c(c1)ncn2-c1ncnc2c1CC(C)c1ccccc1N2C. The van der Waals surface area contributed by atoms with Crippen molar-refractivity contribution in [2.75, 3.05) is 11.9 Å². The second kappa shape index (κ2) is 5.91. The number of imidazole rings is 1. The summed E-state index contributed by atoms with van der Waals surface area (Å²) in [5.41, 5.74) is 6.97. The Morgan fingerprint density at radius 2 is 1.81 bits per heavy atom. The van der Waals surface area contributed by atoms with Gasteiger partial charge >= 0.3 is 0 Å². The topological polar surface area (TPSA) is 46.8 Å². The molecule has 0 aliphatic carbocycles. The van der Waals surface area contributed by atoms with Crippen molar-refractivity contribution in [1.29, 1.82) is 0 Å². The zero-order valence-electron chi connectivity index (χ0n) is 15.7. The number of rotatable bonds is 1. The highest BCUT2D eigenvalue weighted by Crippen LogP contribution is 2.40. The zero-order valence-corrected chi connectivity index (χ0v) is 15.7. The van der Waals surface area contributed by atoms with E-state index in [2.05, 4.69) is 87.8 Å². The molecular formula is C22H21N5. The maximum Gasteiger partial charge on any atom is 0.147 e. The van der Waals surface area contributed by atoms with Crippen molar-refractivity contribution in [2.45, 2.75) is 26.2 Å². The average Bonchev–Trinajstić information content (AvgIpc) is 3.05. The number of hydrogen-bond acceptors (Lipinski definition) is 4. The Balaban J connectivity index is 1.74. The van der Waals surface area contributed by atoms with Gasteiger partial charge in [-0.15, -0.1) is 0 Å². The van der Waals surface area contributed by atoms with Crippen molar-refractivity contribution in [3.05, 3.63) is 71.8 Å². The van der Waals surface area contributed by atoms with Gasteiger partial charge in [0.1, 0.15) is 24.3 Å². The van der Waals surface area contributed by atoms with Gasteiger partial charge in [-0.1, -0.05) is 31.2 Å². The van der Waals surface area contributed by atoms with Crippen LogP contribution in [0.25, 0.3) is 16.9 Å². The van der Waals surface area contributed by atoms with E-state index in [0.29, 0.717) is 5.92 Å². The number of hydrogen-bond donors (Lipinski definition) is 0. The van der Waals surface area contributed by atoms with E-state index in [-0.39, 0.29) is 0 Å². The van der Waals surface area contributed by atoms with E-state index in [0.717, 1.165) is 34.7 Å². The molecule has 2 aromatic carbocycles. The Morgan fingerprint density at radius 1 is 1.00 bits per heavy atom. The summed E-state index contributed by atoms with van der Waals surface area (Å²) in [5.74, 6) is 2.26. The van der Waals surface area contributed by atoms with Gasteiger partial charge in [-0.25, -0.2) is 15.0 Å². The van der Waals surface area contributed by atoms with Gasteiger partial charge in [-0.3, -0.25) is 4.57 Å². The van der Waals surface area contributed by atoms with Crippen molar-refractivity contribution < 1.29 is 0 Å². The number of nitrogens with zero attached hydrogens (tertiary/aromatic N) is 5. The predicted octanol–water partition coefficient (Wildman–Crippen LogP) is 4.55. The van der Waals surface area contributed by atoms with Gasteiger partial charge in [-0.05, 0) is 48.6 Å². The second-order valence-corrected chi connectivity index (χ2v) is 7.33. The summed E-state index contributed by atoms with van der Waals surface area (Å²) in [4.78, 5) is 16.1. The lowest BCUT2D eigenvalue weighted by Crippen LogP contribution is -2.15. The Kier molecular flexibility index (Phi) is 3.50. The van der Waals surface area contributed by atoms with Gasteiger partial charge in [-0.2, -0.15) is 0 Å². The number of aryl methyl sites for hydroxylation is 1. The van der Waals surface area contributed by atoms with Gasteiger partial charge in [0, 0.05) is 18.3 Å². The summed E-state index contributed by atoms with van der Waals surface area (Å²) in [5, 5.41) is 0. The molecule has 0 N–H and O–H groups in total. The van der Waals surface area contributed by atoms with E-state index in [1.807, 2.05) is 6.33 Å². The highest BCUT2D eigenvalue weighted by atomic mass is 15.2. The van der Waals surface area contributed by atoms with Crippen molar-refractivity contribution in [2.24, 2.45) is 0 Å². The summed E-state index contributed by atoms with van der Waals surface area (Å²) in [6.07, 6.45) is 4.41. The standard InChI is InChI=1S/C22H21N5/c1-14-8-9-20-18(10-14)25-13-27(20)22-17-11-15(2)16-6-4-5-7-19(16)26(3)21(17)23-12-24-22/h4-10,12-13,15H,11H2,1-3H3. The molecule has 0 amide bonds. The minimum atomic E-state index is 0.381. The molecule has 1 aliphatic rings. The van der Waals surface area contributed by atoms with Gasteiger partial charge < -0.3 is 4.90 Å². The third-order valence-electron chi connectivity index (χ3n) is 5.49. The van der Waals surface area contributed by atoms with Crippen LogP contribution in [-0.4, -0.2) is 26.6 Å². The fourth-order valence-electron chi connectivity index (χ4n) is 4.10. The molecule has 1 atom stereocenters. The van der Waals surface area contributed by atoms with Crippen LogP contribution in [0.15, 0.2) is 55.1 Å². The molecule has 27 heavy (non-hydrogen) atoms. The molecular weight excluding hydrogens is 334 g/mol. The van der Waals surface area contributed by atoms with Crippen LogP contribution < -0.4 is 4.90 Å². The van der Waals surface area contributed by atoms with Crippen LogP contribution >= 0.6 is 0 Å². The molecule has 5 nitrogen and oxygen atoms in total. The fraction of sp³-hybridized carbons (Fsp3) is 0.227. The van der Waals surface area contributed by atoms with Crippen molar-refractivity contribution >= 4 is 22.5 Å². The van der Waals surface area contributed by atoms with Gasteiger partial charge in [0.25, 0.3) is 0 Å². The first-order valence-electron chi connectivity index (χ1n) is 9.24. The highest BCUT2D eigenvalue weighted by Gasteiger charge is 2.26. The first-order valence-corrected chi connectivity index (χ1v) is 9.24. The lowest BCUT2D eigenvalue weighted by atomic mass is 9.94. The minimum absolute atomic E-state index is 0.381. The van der Waals surface area contributed by atoms with Crippen molar-refractivity contribution in [3.8, 4) is 5.82 Å². The Bertz CT molecular complexity index is 1160. The molecule has 5 heteroatoms. The van der Waals surface area contributed by atoms with Crippen LogP contribution in [0, 0.1) is 6.92 Å². The Labute approximate surface area is 158 Å². The summed E-state index contributed by atoms with van der Waals surface area (Å²) >= 11 is 0. The molecule has 0 spiro atoms. The molecule has 4 aromatic rings. The van der Waals surface area contributed by atoms with Crippen LogP contribution in [0.3, 0.4) is 0 Å². The first-order chi connectivity index (χ1) is 13.1. The summed E-state index contributed by atoms with van der Waals surface area (Å²) in [7, 11) is 2.09. The van der Waals surface area contributed by atoms with Crippen LogP contribution in [0.4, 0.5) is 11.5 Å². The molecule has 3 heterocycles. The minimum Gasteiger partial charge on any atom is -0.329 e. The van der Waals surface area contributed by atoms with Crippen LogP contribution in [0.1, 0.15) is 29.5 Å². The number of benzene rings is 2. The predicted molar refractivity (Wildman–Crippen MR) is 108 cm³/mol. The quantitative estimate of drug-likeness (QED) is 0.502. The average molecular weight is 355 g/mol. The largest absolute Gasteiger partial charge is 0.329 e. The van der Waals surface area contributed by atoms with Crippen LogP contribution in [0.5, 0.6) is 0 Å². The molecule has 2 aromatic heterocycles. The zero-order chi connectivity index (χ0) is 18.5. The lowest BCUT2D eigenvalue weighted by Gasteiger charge is -2.21. The van der Waals surface area contributed by atoms with E-state index >= 15 is 0 Å². The van der Waals surface area contributed by atoms with Crippen molar-refractivity contribution in [3.63, 3.8) is 0 Å². The van der Waals surface area contributed by atoms with Crippen LogP contribution in [-0.2, 0) is 6.42 Å². The maximum atomic E-state index is 4.67. The molecule has 0 bridgehead atoms. The first kappa shape index (κ1) is 16.0. The van der Waals surface area contributed by atoms with E-state index in [1.165, 1.54) is 16.8 Å². The highest BCUT2D eigenvalue weighted by molar-refractivity contribution is 5.79. The molecule has 1 unspecified atom stereocenters. The van der Waals surface area contributed by atoms with Gasteiger partial charge in [0.2, 0.25) is 0 Å². The number of fused-ring (bicyclic) bond motifs is 3. The van der Waals surface area contributed by atoms with Crippen molar-refractivity contribution in [1.82, 2.24) is 19.5 Å². The summed E-state index contributed by atoms with van der Waals surface area (Å²) in [6.45, 7) is 4.36. The smallest absolute Gasteiger partial charge is 0.147 e. The van der Waals surface area contributed by atoms with Gasteiger partial charge in [0.15, 0.2) is 0 Å². The van der Waals surface area contributed by atoms with Crippen LogP contribution in [0.2, 0.25) is 0 Å². The Hall–Kier alpha value is -3.21. The van der Waals surface area contributed by atoms with E-state index in [1.54, 1.807) is 6.33 Å². The van der Waals surface area contributed by atoms with E-state index in [9.17, 15) is 0 Å². The third-order valence-corrected chi connectivity index (χ3v) is 5.49.